The number of amides is 1. The molecule has 0 saturated heterocycles. The number of hydrogen-bond donors (Lipinski definition) is 1. The molecule has 100 valence electrons. The summed E-state index contributed by atoms with van der Waals surface area (Å²) in [4.78, 5) is 10.9. The van der Waals surface area contributed by atoms with Crippen molar-refractivity contribution in [1.82, 2.24) is 0 Å². The molecule has 1 amide bonds. The Kier molecular flexibility index (Phi) is 3.99. The first-order valence-electron chi connectivity index (χ1n) is 4.58. The normalized spacial score (nSPS) is 12.4. The van der Waals surface area contributed by atoms with Gasteiger partial charge in [0.15, 0.2) is 0 Å². The van der Waals surface area contributed by atoms with Crippen molar-refractivity contribution in [2.45, 2.75) is 19.0 Å². The molecule has 18 heavy (non-hydrogen) atoms. The molecule has 2 nitrogen and oxygen atoms in total. The summed E-state index contributed by atoms with van der Waals surface area (Å²) in [5.41, 5.74) is 0.452. The third-order valence-electron chi connectivity index (χ3n) is 2.06. The van der Waals surface area contributed by atoms with Crippen LogP contribution in [0, 0.1) is 6.92 Å². The first-order valence-corrected chi connectivity index (χ1v) is 5.37. The fourth-order valence-corrected chi connectivity index (χ4v) is 1.31. The van der Waals surface area contributed by atoms with Crippen molar-refractivity contribution in [3.8, 4) is 0 Å². The van der Waals surface area contributed by atoms with Crippen molar-refractivity contribution in [1.29, 1.82) is 0 Å². The Bertz CT molecular complexity index is 472. The summed E-state index contributed by atoms with van der Waals surface area (Å²) in [5, 5.41) is 1.53. The molecule has 0 aliphatic rings. The molecule has 1 N–H and O–H groups in total. The van der Waals surface area contributed by atoms with Gasteiger partial charge in [0.1, 0.15) is 0 Å². The van der Waals surface area contributed by atoms with Crippen LogP contribution < -0.4 is 5.32 Å². The van der Waals surface area contributed by atoms with Crippen LogP contribution in [-0.4, -0.2) is 18.0 Å². The highest BCUT2D eigenvalue weighted by molar-refractivity contribution is 9.10. The van der Waals surface area contributed by atoms with Crippen LogP contribution in [0.5, 0.6) is 0 Å². The minimum atomic E-state index is -5.92. The van der Waals surface area contributed by atoms with Gasteiger partial charge in [-0.25, -0.2) is 0 Å². The summed E-state index contributed by atoms with van der Waals surface area (Å²) < 4.78 is 61.7. The molecule has 0 heterocycles. The monoisotopic (exact) mass is 331 g/mol. The number of aryl methyl sites for hydroxylation is 1. The maximum atomic E-state index is 12.6. The maximum absolute atomic E-state index is 12.6. The van der Waals surface area contributed by atoms with E-state index in [1.165, 1.54) is 23.5 Å². The lowest BCUT2D eigenvalue weighted by atomic mass is 10.2. The molecule has 0 aliphatic heterocycles. The van der Waals surface area contributed by atoms with E-state index in [1.54, 1.807) is 6.92 Å². The van der Waals surface area contributed by atoms with Gasteiger partial charge in [-0.1, -0.05) is 15.9 Å². The molecule has 0 aromatic heterocycles. The largest absolute Gasteiger partial charge is 0.463 e. The number of alkyl halides is 5. The molecule has 1 aromatic carbocycles. The Morgan fingerprint density at radius 3 is 2.22 bits per heavy atom. The number of carbonyl (C=O) groups is 1. The zero-order valence-electron chi connectivity index (χ0n) is 8.91. The molecule has 0 fully saturated rings. The number of nitrogens with one attached hydrogen (secondary N) is 1. The maximum Gasteiger partial charge on any atom is 0.463 e. The standard InChI is InChI=1S/C10H7BrF5NO/c1-5-4-6(2-3-7(5)11)17-8(18)9(12,13)10(14,15)16/h2-4H,1H3,(H,17,18). The third-order valence-corrected chi connectivity index (χ3v) is 2.95. The average molecular weight is 332 g/mol. The van der Waals surface area contributed by atoms with Crippen LogP contribution in [0.15, 0.2) is 22.7 Å². The Balaban J connectivity index is 2.91. The molecule has 0 unspecified atom stereocenters. The van der Waals surface area contributed by atoms with Crippen molar-refractivity contribution >= 4 is 27.5 Å². The summed E-state index contributed by atoms with van der Waals surface area (Å²) in [6.07, 6.45) is -5.92. The van der Waals surface area contributed by atoms with Crippen molar-refractivity contribution in [3.05, 3.63) is 28.2 Å². The summed E-state index contributed by atoms with van der Waals surface area (Å²) in [7, 11) is 0. The van der Waals surface area contributed by atoms with Gasteiger partial charge in [-0.2, -0.15) is 22.0 Å². The van der Waals surface area contributed by atoms with Gasteiger partial charge in [0, 0.05) is 10.2 Å². The summed E-state index contributed by atoms with van der Waals surface area (Å²) in [5.74, 6) is -7.83. The molecule has 8 heteroatoms. The first kappa shape index (κ1) is 14.9. The fourth-order valence-electron chi connectivity index (χ4n) is 1.06. The Morgan fingerprint density at radius 1 is 1.22 bits per heavy atom. The number of anilines is 1. The van der Waals surface area contributed by atoms with Crippen molar-refractivity contribution in [2.24, 2.45) is 0 Å². The van der Waals surface area contributed by atoms with Crippen LogP contribution in [0.2, 0.25) is 0 Å². The molecule has 0 atom stereocenters. The summed E-state index contributed by atoms with van der Waals surface area (Å²) in [6, 6.07) is 3.91. The van der Waals surface area contributed by atoms with E-state index >= 15 is 0 Å². The van der Waals surface area contributed by atoms with Crippen LogP contribution in [-0.2, 0) is 4.79 Å². The van der Waals surface area contributed by atoms with E-state index in [9.17, 15) is 26.7 Å². The molecular weight excluding hydrogens is 325 g/mol. The summed E-state index contributed by atoms with van der Waals surface area (Å²) >= 11 is 3.13. The quantitative estimate of drug-likeness (QED) is 0.818. The van der Waals surface area contributed by atoms with Crippen LogP contribution in [0.25, 0.3) is 0 Å². The van der Waals surface area contributed by atoms with Gasteiger partial charge in [-0.3, -0.25) is 4.79 Å². The molecule has 0 saturated carbocycles. The van der Waals surface area contributed by atoms with Gasteiger partial charge in [0.25, 0.3) is 0 Å². The fraction of sp³-hybridized carbons (Fsp3) is 0.300. The van der Waals surface area contributed by atoms with Crippen LogP contribution in [0.1, 0.15) is 5.56 Å². The number of rotatable bonds is 2. The van der Waals surface area contributed by atoms with E-state index in [-0.39, 0.29) is 5.69 Å². The number of hydrogen-bond acceptors (Lipinski definition) is 1. The second kappa shape index (κ2) is 4.83. The van der Waals surface area contributed by atoms with Gasteiger partial charge in [-0.15, -0.1) is 0 Å². The van der Waals surface area contributed by atoms with Crippen molar-refractivity contribution in [2.75, 3.05) is 5.32 Å². The van der Waals surface area contributed by atoms with Gasteiger partial charge in [0.2, 0.25) is 0 Å². The smallest absolute Gasteiger partial charge is 0.321 e. The Morgan fingerprint density at radius 2 is 1.78 bits per heavy atom. The Hall–Kier alpha value is -1.18. The van der Waals surface area contributed by atoms with Crippen LogP contribution in [0.4, 0.5) is 27.6 Å². The predicted octanol–water partition coefficient (Wildman–Crippen LogP) is 3.89. The lowest BCUT2D eigenvalue weighted by molar-refractivity contribution is -0.267. The number of carbonyl (C=O) groups excluding carboxylic acids is 1. The predicted molar refractivity (Wildman–Crippen MR) is 58.5 cm³/mol. The van der Waals surface area contributed by atoms with E-state index in [0.717, 1.165) is 0 Å². The van der Waals surface area contributed by atoms with Crippen LogP contribution >= 0.6 is 15.9 Å². The van der Waals surface area contributed by atoms with Gasteiger partial charge in [0.05, 0.1) is 0 Å². The second-order valence-corrected chi connectivity index (χ2v) is 4.34. The highest BCUT2D eigenvalue weighted by Gasteiger charge is 2.63. The topological polar surface area (TPSA) is 29.1 Å². The number of benzene rings is 1. The highest BCUT2D eigenvalue weighted by Crippen LogP contribution is 2.36. The minimum Gasteiger partial charge on any atom is -0.321 e. The molecule has 0 aliphatic carbocycles. The molecular formula is C10H7BrF5NO. The van der Waals surface area contributed by atoms with Gasteiger partial charge in [-0.05, 0) is 30.7 Å². The zero-order chi connectivity index (χ0) is 14.1. The lowest BCUT2D eigenvalue weighted by Crippen LogP contribution is -2.47. The molecule has 1 rings (SSSR count). The average Bonchev–Trinajstić information content (AvgIpc) is 2.21. The SMILES string of the molecule is Cc1cc(NC(=O)C(F)(F)C(F)(F)F)ccc1Br. The summed E-state index contributed by atoms with van der Waals surface area (Å²) in [6.45, 7) is 1.60. The van der Waals surface area contributed by atoms with Gasteiger partial charge >= 0.3 is 18.0 Å². The van der Waals surface area contributed by atoms with E-state index in [1.807, 2.05) is 0 Å². The molecule has 1 aromatic rings. The van der Waals surface area contributed by atoms with E-state index in [0.29, 0.717) is 10.0 Å². The van der Waals surface area contributed by atoms with Crippen molar-refractivity contribution in [3.63, 3.8) is 0 Å². The minimum absolute atomic E-state index is 0.135. The zero-order valence-corrected chi connectivity index (χ0v) is 10.5. The molecule has 0 spiro atoms. The van der Waals surface area contributed by atoms with E-state index in [4.69, 9.17) is 0 Å². The third kappa shape index (κ3) is 2.98. The Labute approximate surface area is 107 Å². The molecule has 0 bridgehead atoms. The van der Waals surface area contributed by atoms with Crippen LogP contribution in [0.3, 0.4) is 0 Å². The molecule has 0 radical (unpaired) electrons. The lowest BCUT2D eigenvalue weighted by Gasteiger charge is -2.18. The first-order chi connectivity index (χ1) is 8.05. The second-order valence-electron chi connectivity index (χ2n) is 3.49. The van der Waals surface area contributed by atoms with Gasteiger partial charge < -0.3 is 5.32 Å². The number of halogens is 6. The highest BCUT2D eigenvalue weighted by atomic mass is 79.9. The van der Waals surface area contributed by atoms with E-state index < -0.39 is 18.0 Å². The van der Waals surface area contributed by atoms with Crippen molar-refractivity contribution < 1.29 is 26.7 Å². The van der Waals surface area contributed by atoms with E-state index in [2.05, 4.69) is 15.9 Å².